The van der Waals surface area contributed by atoms with E-state index < -0.39 is 0 Å². The zero-order chi connectivity index (χ0) is 13.5. The Bertz CT molecular complexity index is 365. The Morgan fingerprint density at radius 1 is 1.22 bits per heavy atom. The molecule has 100 valence electrons. The normalized spacial score (nSPS) is 12.3. The van der Waals surface area contributed by atoms with Gasteiger partial charge in [0.15, 0.2) is 5.11 Å². The van der Waals surface area contributed by atoms with Crippen LogP contribution in [-0.2, 0) is 0 Å². The molecule has 1 aromatic carbocycles. The second-order valence-corrected chi connectivity index (χ2v) is 5.12. The van der Waals surface area contributed by atoms with Crippen molar-refractivity contribution in [3.05, 3.63) is 35.9 Å². The third-order valence-electron chi connectivity index (χ3n) is 3.02. The van der Waals surface area contributed by atoms with Gasteiger partial charge in [0, 0.05) is 20.1 Å². The second-order valence-electron chi connectivity index (χ2n) is 4.73. The molecule has 1 atom stereocenters. The van der Waals surface area contributed by atoms with E-state index in [1.54, 1.807) is 0 Å². The molecule has 0 amide bonds. The van der Waals surface area contributed by atoms with E-state index in [4.69, 9.17) is 12.2 Å². The van der Waals surface area contributed by atoms with Gasteiger partial charge in [-0.25, -0.2) is 0 Å². The zero-order valence-electron chi connectivity index (χ0n) is 11.7. The number of benzene rings is 1. The summed E-state index contributed by atoms with van der Waals surface area (Å²) in [5.41, 5.74) is 1.27. The van der Waals surface area contributed by atoms with Gasteiger partial charge in [0.2, 0.25) is 0 Å². The van der Waals surface area contributed by atoms with Crippen molar-refractivity contribution in [1.29, 1.82) is 0 Å². The number of hydrogen-bond acceptors (Lipinski definition) is 2. The maximum absolute atomic E-state index is 5.40. The van der Waals surface area contributed by atoms with Crippen molar-refractivity contribution in [1.82, 2.24) is 15.1 Å². The van der Waals surface area contributed by atoms with Crippen molar-refractivity contribution in [2.24, 2.45) is 0 Å². The van der Waals surface area contributed by atoms with Crippen LogP contribution in [0.25, 0.3) is 0 Å². The molecule has 0 spiro atoms. The van der Waals surface area contributed by atoms with E-state index in [1.165, 1.54) is 5.56 Å². The summed E-state index contributed by atoms with van der Waals surface area (Å²) in [6.07, 6.45) is 0. The maximum atomic E-state index is 5.40. The SMILES string of the molecule is C[C@@H](c1ccccc1)N(C)C(=S)NCCN(C)C. The number of hydrogen-bond donors (Lipinski definition) is 1. The average molecular weight is 265 g/mol. The van der Waals surface area contributed by atoms with Crippen LogP contribution in [0.4, 0.5) is 0 Å². The first-order valence-electron chi connectivity index (χ1n) is 6.22. The van der Waals surface area contributed by atoms with Crippen LogP contribution in [0.15, 0.2) is 30.3 Å². The summed E-state index contributed by atoms with van der Waals surface area (Å²) in [5, 5.41) is 4.08. The second kappa shape index (κ2) is 7.34. The minimum Gasteiger partial charge on any atom is -0.361 e. The molecule has 0 aromatic heterocycles. The first-order valence-corrected chi connectivity index (χ1v) is 6.63. The van der Waals surface area contributed by atoms with Crippen molar-refractivity contribution < 1.29 is 0 Å². The smallest absolute Gasteiger partial charge is 0.169 e. The van der Waals surface area contributed by atoms with Gasteiger partial charge in [0.1, 0.15) is 0 Å². The van der Waals surface area contributed by atoms with Gasteiger partial charge in [-0.1, -0.05) is 30.3 Å². The fourth-order valence-corrected chi connectivity index (χ4v) is 1.90. The maximum Gasteiger partial charge on any atom is 0.169 e. The molecule has 0 heterocycles. The lowest BCUT2D eigenvalue weighted by Gasteiger charge is -2.28. The van der Waals surface area contributed by atoms with Crippen molar-refractivity contribution in [3.8, 4) is 0 Å². The summed E-state index contributed by atoms with van der Waals surface area (Å²) < 4.78 is 0. The minimum absolute atomic E-state index is 0.283. The van der Waals surface area contributed by atoms with Gasteiger partial charge in [-0.2, -0.15) is 0 Å². The molecule has 4 heteroatoms. The monoisotopic (exact) mass is 265 g/mol. The van der Waals surface area contributed by atoms with Gasteiger partial charge in [-0.05, 0) is 38.8 Å². The molecular formula is C14H23N3S. The molecule has 0 aliphatic carbocycles. The summed E-state index contributed by atoms with van der Waals surface area (Å²) in [4.78, 5) is 4.23. The Kier molecular flexibility index (Phi) is 6.09. The van der Waals surface area contributed by atoms with E-state index in [2.05, 4.69) is 60.4 Å². The minimum atomic E-state index is 0.283. The summed E-state index contributed by atoms with van der Waals surface area (Å²) >= 11 is 5.40. The summed E-state index contributed by atoms with van der Waals surface area (Å²) in [5.74, 6) is 0. The quantitative estimate of drug-likeness (QED) is 0.822. The molecule has 0 aliphatic heterocycles. The number of rotatable bonds is 5. The van der Waals surface area contributed by atoms with Crippen molar-refractivity contribution in [3.63, 3.8) is 0 Å². The molecule has 0 radical (unpaired) electrons. The van der Waals surface area contributed by atoms with Gasteiger partial charge in [0.05, 0.1) is 6.04 Å². The lowest BCUT2D eigenvalue weighted by Crippen LogP contribution is -2.41. The first-order chi connectivity index (χ1) is 8.52. The molecule has 0 fully saturated rings. The van der Waals surface area contributed by atoms with Crippen LogP contribution in [0.1, 0.15) is 18.5 Å². The number of nitrogens with one attached hydrogen (secondary N) is 1. The zero-order valence-corrected chi connectivity index (χ0v) is 12.5. The van der Waals surface area contributed by atoms with Crippen LogP contribution in [0.5, 0.6) is 0 Å². The van der Waals surface area contributed by atoms with Gasteiger partial charge >= 0.3 is 0 Å². The average Bonchev–Trinajstić information content (AvgIpc) is 2.37. The van der Waals surface area contributed by atoms with E-state index in [-0.39, 0.29) is 6.04 Å². The molecule has 0 bridgehead atoms. The molecule has 1 N–H and O–H groups in total. The first kappa shape index (κ1) is 14.9. The van der Waals surface area contributed by atoms with Crippen molar-refractivity contribution in [2.45, 2.75) is 13.0 Å². The molecule has 0 saturated carbocycles. The van der Waals surface area contributed by atoms with Crippen LogP contribution in [0.2, 0.25) is 0 Å². The summed E-state index contributed by atoms with van der Waals surface area (Å²) in [7, 11) is 6.14. The number of likely N-dealkylation sites (N-methyl/N-ethyl adjacent to an activating group) is 1. The number of nitrogens with zero attached hydrogens (tertiary/aromatic N) is 2. The van der Waals surface area contributed by atoms with Crippen LogP contribution in [-0.4, -0.2) is 49.1 Å². The highest BCUT2D eigenvalue weighted by Crippen LogP contribution is 2.17. The van der Waals surface area contributed by atoms with Crippen LogP contribution in [0, 0.1) is 0 Å². The summed E-state index contributed by atoms with van der Waals surface area (Å²) in [6, 6.07) is 10.7. The molecule has 0 aliphatic rings. The Hall–Kier alpha value is -1.13. The molecule has 18 heavy (non-hydrogen) atoms. The van der Waals surface area contributed by atoms with Crippen LogP contribution in [0.3, 0.4) is 0 Å². The van der Waals surface area contributed by atoms with E-state index in [9.17, 15) is 0 Å². The van der Waals surface area contributed by atoms with Crippen LogP contribution < -0.4 is 5.32 Å². The van der Waals surface area contributed by atoms with Crippen LogP contribution >= 0.6 is 12.2 Å². The Labute approximate surface area is 116 Å². The highest BCUT2D eigenvalue weighted by molar-refractivity contribution is 7.80. The Balaban J connectivity index is 2.48. The predicted octanol–water partition coefficient (Wildman–Crippen LogP) is 2.12. The van der Waals surface area contributed by atoms with E-state index in [0.717, 1.165) is 18.2 Å². The van der Waals surface area contributed by atoms with Gasteiger partial charge in [-0.3, -0.25) is 0 Å². The Morgan fingerprint density at radius 2 is 1.83 bits per heavy atom. The molecule has 0 unspecified atom stereocenters. The standard InChI is InChI=1S/C14H23N3S/c1-12(13-8-6-5-7-9-13)17(4)14(18)15-10-11-16(2)3/h5-9,12H,10-11H2,1-4H3,(H,15,18)/t12-/m0/s1. The van der Waals surface area contributed by atoms with Crippen molar-refractivity contribution in [2.75, 3.05) is 34.2 Å². The lowest BCUT2D eigenvalue weighted by atomic mass is 10.1. The van der Waals surface area contributed by atoms with E-state index in [0.29, 0.717) is 0 Å². The fraction of sp³-hybridized carbons (Fsp3) is 0.500. The van der Waals surface area contributed by atoms with Gasteiger partial charge < -0.3 is 15.1 Å². The largest absolute Gasteiger partial charge is 0.361 e. The highest BCUT2D eigenvalue weighted by atomic mass is 32.1. The molecular weight excluding hydrogens is 242 g/mol. The lowest BCUT2D eigenvalue weighted by molar-refractivity contribution is 0.381. The molecule has 1 aromatic rings. The van der Waals surface area contributed by atoms with Gasteiger partial charge in [0.25, 0.3) is 0 Å². The van der Waals surface area contributed by atoms with Gasteiger partial charge in [-0.15, -0.1) is 0 Å². The van der Waals surface area contributed by atoms with E-state index >= 15 is 0 Å². The van der Waals surface area contributed by atoms with E-state index in [1.807, 2.05) is 13.1 Å². The molecule has 1 rings (SSSR count). The summed E-state index contributed by atoms with van der Waals surface area (Å²) in [6.45, 7) is 4.01. The Morgan fingerprint density at radius 3 is 2.39 bits per heavy atom. The highest BCUT2D eigenvalue weighted by Gasteiger charge is 2.13. The van der Waals surface area contributed by atoms with Crippen molar-refractivity contribution >= 4 is 17.3 Å². The topological polar surface area (TPSA) is 18.5 Å². The third kappa shape index (κ3) is 4.63. The number of thiocarbonyl (C=S) groups is 1. The fourth-order valence-electron chi connectivity index (χ4n) is 1.64. The third-order valence-corrected chi connectivity index (χ3v) is 3.45. The molecule has 0 saturated heterocycles. The predicted molar refractivity (Wildman–Crippen MR) is 81.8 cm³/mol. The molecule has 3 nitrogen and oxygen atoms in total.